The van der Waals surface area contributed by atoms with E-state index in [1.54, 1.807) is 24.3 Å². The molecule has 0 aliphatic carbocycles. The van der Waals surface area contributed by atoms with Crippen LogP contribution in [0.2, 0.25) is 0 Å². The monoisotopic (exact) mass is 434 g/mol. The van der Waals surface area contributed by atoms with Gasteiger partial charge in [0.05, 0.1) is 30.2 Å². The number of nitrogens with one attached hydrogen (secondary N) is 1. The summed E-state index contributed by atoms with van der Waals surface area (Å²) in [4.78, 5) is 32.1. The molecular weight excluding hydrogens is 404 g/mol. The van der Waals surface area contributed by atoms with Crippen molar-refractivity contribution in [2.24, 2.45) is 7.05 Å². The van der Waals surface area contributed by atoms with Crippen LogP contribution in [0.25, 0.3) is 11.0 Å². The molecule has 0 spiro atoms. The van der Waals surface area contributed by atoms with Crippen molar-refractivity contribution < 1.29 is 14.3 Å². The highest BCUT2D eigenvalue weighted by Crippen LogP contribution is 2.32. The number of benzene rings is 2. The second-order valence-electron chi connectivity index (χ2n) is 8.17. The van der Waals surface area contributed by atoms with Gasteiger partial charge in [0.1, 0.15) is 11.6 Å². The number of carbonyl (C=O) groups excluding carboxylic acids is 2. The van der Waals surface area contributed by atoms with Crippen molar-refractivity contribution >= 4 is 22.8 Å². The van der Waals surface area contributed by atoms with Gasteiger partial charge >= 0.3 is 0 Å². The molecular formula is C25H30N4O3. The molecule has 1 aliphatic rings. The summed E-state index contributed by atoms with van der Waals surface area (Å²) in [5, 5.41) is 2.76. The highest BCUT2D eigenvalue weighted by molar-refractivity contribution is 5.96. The Morgan fingerprint density at radius 1 is 1.16 bits per heavy atom. The van der Waals surface area contributed by atoms with Gasteiger partial charge in [-0.15, -0.1) is 0 Å². The van der Waals surface area contributed by atoms with Crippen LogP contribution in [0.3, 0.4) is 0 Å². The highest BCUT2D eigenvalue weighted by Gasteiger charge is 2.33. The zero-order valence-corrected chi connectivity index (χ0v) is 18.7. The Morgan fingerprint density at radius 2 is 1.94 bits per heavy atom. The van der Waals surface area contributed by atoms with Crippen LogP contribution in [-0.4, -0.2) is 46.0 Å². The molecule has 0 saturated carbocycles. The van der Waals surface area contributed by atoms with Gasteiger partial charge in [0.25, 0.3) is 5.91 Å². The predicted molar refractivity (Wildman–Crippen MR) is 124 cm³/mol. The van der Waals surface area contributed by atoms with Gasteiger partial charge in [0.2, 0.25) is 5.91 Å². The van der Waals surface area contributed by atoms with E-state index in [0.29, 0.717) is 18.7 Å². The fourth-order valence-corrected chi connectivity index (χ4v) is 4.19. The Morgan fingerprint density at radius 3 is 2.69 bits per heavy atom. The predicted octanol–water partition coefficient (Wildman–Crippen LogP) is 3.85. The first-order valence-electron chi connectivity index (χ1n) is 11.3. The molecule has 1 saturated heterocycles. The maximum atomic E-state index is 12.9. The number of fused-ring (bicyclic) bond motifs is 1. The normalized spacial score (nSPS) is 15.8. The van der Waals surface area contributed by atoms with E-state index in [4.69, 9.17) is 9.72 Å². The number of carbonyl (C=O) groups is 2. The number of hydrogen-bond donors (Lipinski definition) is 1. The van der Waals surface area contributed by atoms with Crippen molar-refractivity contribution in [1.82, 2.24) is 19.8 Å². The molecule has 2 heterocycles. The fraction of sp³-hybridized carbons (Fsp3) is 0.400. The number of amides is 2. The third-order valence-electron chi connectivity index (χ3n) is 5.98. The summed E-state index contributed by atoms with van der Waals surface area (Å²) < 4.78 is 7.70. The van der Waals surface area contributed by atoms with Gasteiger partial charge in [-0.2, -0.15) is 0 Å². The van der Waals surface area contributed by atoms with Crippen molar-refractivity contribution in [3.63, 3.8) is 0 Å². The molecule has 2 aromatic carbocycles. The summed E-state index contributed by atoms with van der Waals surface area (Å²) in [5.41, 5.74) is 2.49. The van der Waals surface area contributed by atoms with E-state index in [9.17, 15) is 9.59 Å². The van der Waals surface area contributed by atoms with Crippen LogP contribution in [-0.2, 0) is 11.8 Å². The molecule has 7 heteroatoms. The molecule has 168 valence electrons. The van der Waals surface area contributed by atoms with Crippen LogP contribution >= 0.6 is 0 Å². The van der Waals surface area contributed by atoms with Gasteiger partial charge in [-0.25, -0.2) is 4.98 Å². The molecule has 1 fully saturated rings. The van der Waals surface area contributed by atoms with Crippen LogP contribution in [0.5, 0.6) is 5.75 Å². The summed E-state index contributed by atoms with van der Waals surface area (Å²) in [7, 11) is 1.99. The molecule has 3 aromatic rings. The lowest BCUT2D eigenvalue weighted by Crippen LogP contribution is -2.40. The highest BCUT2D eigenvalue weighted by atomic mass is 16.5. The minimum absolute atomic E-state index is 0.0337. The lowest BCUT2D eigenvalue weighted by Gasteiger charge is -2.24. The molecule has 1 N–H and O–H groups in total. The molecule has 7 nitrogen and oxygen atoms in total. The lowest BCUT2D eigenvalue weighted by molar-refractivity contribution is -0.131. The number of unbranched alkanes of at least 4 members (excludes halogenated alkanes) is 1. The zero-order chi connectivity index (χ0) is 22.5. The SMILES string of the molecule is CCCCOc1ccc(C(=O)NCC(=O)N2CCC[C@@H]2c2nc3ccccc3n2C)cc1. The molecule has 0 bridgehead atoms. The minimum atomic E-state index is -0.267. The number of likely N-dealkylation sites (tertiary alicyclic amines) is 1. The maximum absolute atomic E-state index is 12.9. The van der Waals surface area contributed by atoms with Crippen LogP contribution < -0.4 is 10.1 Å². The van der Waals surface area contributed by atoms with Crippen molar-refractivity contribution in [1.29, 1.82) is 0 Å². The van der Waals surface area contributed by atoms with Gasteiger partial charge in [0.15, 0.2) is 0 Å². The molecule has 0 unspecified atom stereocenters. The summed E-state index contributed by atoms with van der Waals surface area (Å²) in [6, 6.07) is 14.9. The maximum Gasteiger partial charge on any atom is 0.251 e. The van der Waals surface area contributed by atoms with Crippen LogP contribution in [0.1, 0.15) is 54.8 Å². The van der Waals surface area contributed by atoms with E-state index in [2.05, 4.69) is 16.8 Å². The number of aryl methyl sites for hydroxylation is 1. The Kier molecular flexibility index (Phi) is 6.73. The summed E-state index contributed by atoms with van der Waals surface area (Å²) in [5.74, 6) is 1.28. The molecule has 0 radical (unpaired) electrons. The number of aromatic nitrogens is 2. The standard InChI is InChI=1S/C25H30N4O3/c1-3-4-16-32-19-13-11-18(12-14-19)25(31)26-17-23(30)29-15-7-10-22(29)24-27-20-8-5-6-9-21(20)28(24)2/h5-6,8-9,11-14,22H,3-4,7,10,15-17H2,1-2H3,(H,26,31)/t22-/m1/s1. The molecule has 2 amide bonds. The average molecular weight is 435 g/mol. The van der Waals surface area contributed by atoms with Gasteiger partial charge in [-0.3, -0.25) is 9.59 Å². The minimum Gasteiger partial charge on any atom is -0.494 e. The Bertz CT molecular complexity index is 1090. The van der Waals surface area contributed by atoms with Crippen LogP contribution in [0, 0.1) is 0 Å². The van der Waals surface area contributed by atoms with E-state index in [-0.39, 0.29) is 24.4 Å². The number of hydrogen-bond acceptors (Lipinski definition) is 4. The van der Waals surface area contributed by atoms with E-state index in [1.165, 1.54) is 0 Å². The second-order valence-corrected chi connectivity index (χ2v) is 8.17. The summed E-state index contributed by atoms with van der Waals surface area (Å²) in [6.45, 7) is 3.42. The first-order chi connectivity index (χ1) is 15.6. The van der Waals surface area contributed by atoms with Crippen molar-refractivity contribution in [2.75, 3.05) is 19.7 Å². The first-order valence-corrected chi connectivity index (χ1v) is 11.3. The van der Waals surface area contributed by atoms with E-state index >= 15 is 0 Å². The topological polar surface area (TPSA) is 76.5 Å². The van der Waals surface area contributed by atoms with E-state index < -0.39 is 0 Å². The third-order valence-corrected chi connectivity index (χ3v) is 5.98. The quantitative estimate of drug-likeness (QED) is 0.547. The molecule has 4 rings (SSSR count). The Balaban J connectivity index is 1.37. The first kappa shape index (κ1) is 21.9. The number of nitrogens with zero attached hydrogens (tertiary/aromatic N) is 3. The van der Waals surface area contributed by atoms with Crippen molar-refractivity contribution in [3.05, 3.63) is 59.9 Å². The molecule has 32 heavy (non-hydrogen) atoms. The number of imidazole rings is 1. The number of rotatable bonds is 8. The van der Waals surface area contributed by atoms with E-state index in [1.807, 2.05) is 36.2 Å². The Hall–Kier alpha value is -3.35. The molecule has 1 aliphatic heterocycles. The number of ether oxygens (including phenoxy) is 1. The van der Waals surface area contributed by atoms with Gasteiger partial charge in [0, 0.05) is 19.2 Å². The largest absolute Gasteiger partial charge is 0.494 e. The second kappa shape index (κ2) is 9.85. The third kappa shape index (κ3) is 4.61. The fourth-order valence-electron chi connectivity index (χ4n) is 4.19. The van der Waals surface area contributed by atoms with Gasteiger partial charge in [-0.05, 0) is 55.7 Å². The Labute approximate surface area is 188 Å². The van der Waals surface area contributed by atoms with Crippen LogP contribution in [0.15, 0.2) is 48.5 Å². The smallest absolute Gasteiger partial charge is 0.251 e. The lowest BCUT2D eigenvalue weighted by atomic mass is 10.2. The molecule has 1 aromatic heterocycles. The zero-order valence-electron chi connectivity index (χ0n) is 18.7. The average Bonchev–Trinajstić information content (AvgIpc) is 3.43. The number of para-hydroxylation sites is 2. The van der Waals surface area contributed by atoms with Crippen LogP contribution in [0.4, 0.5) is 0 Å². The van der Waals surface area contributed by atoms with E-state index in [0.717, 1.165) is 48.3 Å². The van der Waals surface area contributed by atoms with Gasteiger partial charge < -0.3 is 19.5 Å². The van der Waals surface area contributed by atoms with Crippen molar-refractivity contribution in [3.8, 4) is 5.75 Å². The summed E-state index contributed by atoms with van der Waals surface area (Å²) in [6.07, 6.45) is 3.86. The van der Waals surface area contributed by atoms with Crippen molar-refractivity contribution in [2.45, 2.75) is 38.6 Å². The van der Waals surface area contributed by atoms with Gasteiger partial charge in [-0.1, -0.05) is 25.5 Å². The summed E-state index contributed by atoms with van der Waals surface area (Å²) >= 11 is 0. The molecule has 1 atom stereocenters.